The van der Waals surface area contributed by atoms with E-state index < -0.39 is 17.6 Å². The highest BCUT2D eigenvalue weighted by Gasteiger charge is 2.26. The zero-order chi connectivity index (χ0) is 24.4. The molecule has 182 valence electrons. The van der Waals surface area contributed by atoms with Gasteiger partial charge in [-0.05, 0) is 103 Å². The number of carbonyl (C=O) groups is 1. The van der Waals surface area contributed by atoms with Crippen LogP contribution >= 0.6 is 11.9 Å². The van der Waals surface area contributed by atoms with Gasteiger partial charge >= 0.3 is 5.97 Å². The first-order chi connectivity index (χ1) is 16.9. The van der Waals surface area contributed by atoms with Crippen LogP contribution in [-0.2, 0) is 30.4 Å². The molecule has 3 aromatic carbocycles. The van der Waals surface area contributed by atoms with Crippen LogP contribution in [-0.4, -0.2) is 30.3 Å². The Balaban J connectivity index is 1.45. The molecule has 1 aliphatic carbocycles. The quantitative estimate of drug-likeness (QED) is 0.356. The molecule has 1 unspecified atom stereocenters. The normalized spacial score (nSPS) is 16.6. The Hall–Kier alpha value is -2.90. The summed E-state index contributed by atoms with van der Waals surface area (Å²) in [4.78, 5) is 11.7. The molecule has 35 heavy (non-hydrogen) atoms. The van der Waals surface area contributed by atoms with Crippen molar-refractivity contribution in [2.24, 2.45) is 0 Å². The Bertz CT molecular complexity index is 1210. The molecule has 1 aliphatic heterocycles. The van der Waals surface area contributed by atoms with Gasteiger partial charge in [-0.25, -0.2) is 13.6 Å². The van der Waals surface area contributed by atoms with E-state index in [1.165, 1.54) is 40.8 Å². The molecule has 1 fully saturated rings. The number of aryl methyl sites for hydroxylation is 4. The van der Waals surface area contributed by atoms with Crippen molar-refractivity contribution in [3.05, 3.63) is 94.0 Å². The molecule has 3 aromatic rings. The van der Waals surface area contributed by atoms with E-state index in [9.17, 15) is 13.6 Å². The third-order valence-corrected chi connectivity index (χ3v) is 7.67. The van der Waals surface area contributed by atoms with Gasteiger partial charge in [-0.1, -0.05) is 18.2 Å². The summed E-state index contributed by atoms with van der Waals surface area (Å²) in [5.74, 6) is -2.12. The maximum Gasteiger partial charge on any atom is 0.335 e. The van der Waals surface area contributed by atoms with Gasteiger partial charge in [0.2, 0.25) is 0 Å². The summed E-state index contributed by atoms with van der Waals surface area (Å²) < 4.78 is 35.7. The molecule has 7 heteroatoms. The number of nitrogens with zero attached hydrogens (tertiary/aromatic N) is 1. The second kappa shape index (κ2) is 10.4. The van der Waals surface area contributed by atoms with Gasteiger partial charge in [0.25, 0.3) is 0 Å². The molecule has 5 rings (SSSR count). The molecule has 1 atom stereocenters. The van der Waals surface area contributed by atoms with Crippen molar-refractivity contribution in [3.8, 4) is 0 Å². The number of carboxylic acid groups (broad SMARTS) is 1. The molecular formula is C28H27F2NO3S. The molecule has 2 aliphatic rings. The number of aromatic carboxylic acids is 1. The van der Waals surface area contributed by atoms with Gasteiger partial charge in [-0.2, -0.15) is 0 Å². The number of hydrogen-bond acceptors (Lipinski definition) is 4. The predicted molar refractivity (Wildman–Crippen MR) is 133 cm³/mol. The second-order valence-corrected chi connectivity index (χ2v) is 10.2. The summed E-state index contributed by atoms with van der Waals surface area (Å²) >= 11 is 1.34. The summed E-state index contributed by atoms with van der Waals surface area (Å²) in [5.41, 5.74) is 6.27. The monoisotopic (exact) mass is 495 g/mol. The lowest BCUT2D eigenvalue weighted by molar-refractivity contribution is -0.0426. The van der Waals surface area contributed by atoms with Gasteiger partial charge in [0.05, 0.1) is 23.9 Å². The zero-order valence-corrected chi connectivity index (χ0v) is 20.1. The van der Waals surface area contributed by atoms with Crippen LogP contribution in [0.25, 0.3) is 0 Å². The fourth-order valence-corrected chi connectivity index (χ4v) is 5.79. The molecule has 0 radical (unpaired) electrons. The molecule has 0 saturated carbocycles. The van der Waals surface area contributed by atoms with Crippen molar-refractivity contribution in [3.63, 3.8) is 0 Å². The van der Waals surface area contributed by atoms with Crippen molar-refractivity contribution in [1.29, 1.82) is 0 Å². The molecule has 0 bridgehead atoms. The molecule has 1 heterocycles. The summed E-state index contributed by atoms with van der Waals surface area (Å²) in [6, 6.07) is 15.1. The Morgan fingerprint density at radius 1 is 1.00 bits per heavy atom. The molecule has 1 N–H and O–H groups in total. The highest BCUT2D eigenvalue weighted by atomic mass is 32.2. The van der Waals surface area contributed by atoms with Crippen LogP contribution in [0.3, 0.4) is 0 Å². The first-order valence-electron chi connectivity index (χ1n) is 11.9. The van der Waals surface area contributed by atoms with Gasteiger partial charge < -0.3 is 14.1 Å². The summed E-state index contributed by atoms with van der Waals surface area (Å²) in [5, 5.41) is 9.16. The standard InChI is InChI=1S/C28H27F2NO3S/c29-23-14-24(30)16-26(15-23)35-31(17-25-10-11-34-25)27-13-21-3-1-2-20(21)12-22(27)9-6-18-4-7-19(8-5-18)28(32)33/h4-5,7-8,12-16,25H,1-3,6,9-11,17H2,(H,32,33). The largest absolute Gasteiger partial charge is 0.478 e. The van der Waals surface area contributed by atoms with Gasteiger partial charge in [0, 0.05) is 17.6 Å². The molecule has 0 amide bonds. The number of rotatable bonds is 9. The van der Waals surface area contributed by atoms with E-state index in [0.29, 0.717) is 11.4 Å². The third-order valence-electron chi connectivity index (χ3n) is 6.66. The van der Waals surface area contributed by atoms with E-state index in [2.05, 4.69) is 16.4 Å². The number of carboxylic acids is 1. The summed E-state index contributed by atoms with van der Waals surface area (Å²) in [6.07, 6.45) is 5.81. The zero-order valence-electron chi connectivity index (χ0n) is 19.3. The lowest BCUT2D eigenvalue weighted by atomic mass is 9.97. The van der Waals surface area contributed by atoms with E-state index in [-0.39, 0.29) is 11.7 Å². The van der Waals surface area contributed by atoms with Crippen LogP contribution in [0.2, 0.25) is 0 Å². The van der Waals surface area contributed by atoms with Crippen molar-refractivity contribution in [1.82, 2.24) is 0 Å². The number of anilines is 1. The van der Waals surface area contributed by atoms with E-state index in [0.717, 1.165) is 62.4 Å². The first kappa shape index (κ1) is 23.8. The highest BCUT2D eigenvalue weighted by molar-refractivity contribution is 8.00. The van der Waals surface area contributed by atoms with Crippen LogP contribution in [0.4, 0.5) is 14.5 Å². The summed E-state index contributed by atoms with van der Waals surface area (Å²) in [7, 11) is 0. The van der Waals surface area contributed by atoms with Gasteiger partial charge in [0.1, 0.15) is 11.6 Å². The van der Waals surface area contributed by atoms with Crippen molar-refractivity contribution < 1.29 is 23.4 Å². The van der Waals surface area contributed by atoms with E-state index in [4.69, 9.17) is 9.84 Å². The van der Waals surface area contributed by atoms with E-state index in [1.807, 2.05) is 12.1 Å². The smallest absolute Gasteiger partial charge is 0.335 e. The van der Waals surface area contributed by atoms with Gasteiger partial charge in [-0.3, -0.25) is 0 Å². The topological polar surface area (TPSA) is 49.8 Å². The van der Waals surface area contributed by atoms with Gasteiger partial charge in [-0.15, -0.1) is 0 Å². The van der Waals surface area contributed by atoms with Crippen LogP contribution in [0.5, 0.6) is 0 Å². The lowest BCUT2D eigenvalue weighted by Gasteiger charge is -2.34. The van der Waals surface area contributed by atoms with E-state index >= 15 is 0 Å². The first-order valence-corrected chi connectivity index (χ1v) is 12.7. The Morgan fingerprint density at radius 2 is 1.69 bits per heavy atom. The van der Waals surface area contributed by atoms with Gasteiger partial charge in [0.15, 0.2) is 0 Å². The SMILES string of the molecule is O=C(O)c1ccc(CCc2cc3c(cc2N(CC2CCO2)Sc2cc(F)cc(F)c2)CCC3)cc1. The molecule has 4 nitrogen and oxygen atoms in total. The predicted octanol–water partition coefficient (Wildman–Crippen LogP) is 6.24. The van der Waals surface area contributed by atoms with E-state index in [1.54, 1.807) is 12.1 Å². The Labute approximate surface area is 208 Å². The minimum absolute atomic E-state index is 0.0885. The minimum Gasteiger partial charge on any atom is -0.478 e. The molecule has 0 spiro atoms. The third kappa shape index (κ3) is 5.68. The number of ether oxygens (including phenoxy) is 1. The molecular weight excluding hydrogens is 468 g/mol. The second-order valence-electron chi connectivity index (χ2n) is 9.14. The maximum absolute atomic E-state index is 13.9. The van der Waals surface area contributed by atoms with Crippen molar-refractivity contribution in [2.75, 3.05) is 17.5 Å². The lowest BCUT2D eigenvalue weighted by Crippen LogP contribution is -2.37. The number of fused-ring (bicyclic) bond motifs is 1. The summed E-state index contributed by atoms with van der Waals surface area (Å²) in [6.45, 7) is 1.36. The molecule has 0 aromatic heterocycles. The number of benzene rings is 3. The average Bonchev–Trinajstić information content (AvgIpc) is 3.25. The maximum atomic E-state index is 13.9. The minimum atomic E-state index is -0.933. The van der Waals surface area contributed by atoms with Crippen LogP contribution < -0.4 is 4.31 Å². The Morgan fingerprint density at radius 3 is 2.31 bits per heavy atom. The highest BCUT2D eigenvalue weighted by Crippen LogP contribution is 2.38. The van der Waals surface area contributed by atoms with Crippen LogP contribution in [0.15, 0.2) is 59.5 Å². The van der Waals surface area contributed by atoms with Crippen LogP contribution in [0.1, 0.15) is 45.5 Å². The average molecular weight is 496 g/mol. The fraction of sp³-hybridized carbons (Fsp3) is 0.321. The van der Waals surface area contributed by atoms with Crippen molar-refractivity contribution in [2.45, 2.75) is 49.5 Å². The number of hydrogen-bond donors (Lipinski definition) is 1. The number of halogens is 2. The van der Waals surface area contributed by atoms with Crippen molar-refractivity contribution >= 4 is 23.6 Å². The van der Waals surface area contributed by atoms with Crippen LogP contribution in [0, 0.1) is 11.6 Å². The fourth-order valence-electron chi connectivity index (χ4n) is 4.69. The molecule has 1 saturated heterocycles. The Kier molecular flexibility index (Phi) is 7.07.